The summed E-state index contributed by atoms with van der Waals surface area (Å²) in [5, 5.41) is 8.84. The molecule has 1 N–H and O–H groups in total. The molecule has 4 nitrogen and oxygen atoms in total. The zero-order valence-corrected chi connectivity index (χ0v) is 10.7. The number of anilines is 1. The van der Waals surface area contributed by atoms with Gasteiger partial charge in [0.15, 0.2) is 0 Å². The lowest BCUT2D eigenvalue weighted by atomic mass is 10.2. The average Bonchev–Trinajstić information content (AvgIpc) is 2.90. The van der Waals surface area contributed by atoms with E-state index in [1.165, 1.54) is 4.90 Å². The molecule has 0 aromatic heterocycles. The van der Waals surface area contributed by atoms with Gasteiger partial charge >= 0.3 is 5.97 Å². The molecule has 1 fully saturated rings. The second-order valence-electron chi connectivity index (χ2n) is 4.16. The molecule has 1 saturated heterocycles. The zero-order valence-electron chi connectivity index (χ0n) is 9.91. The molecule has 2 rings (SSSR count). The minimum atomic E-state index is -0.991. The molecule has 1 aliphatic rings. The SMILES string of the molecule is O=C(O)CN(C(=O)[C@H]1CCCS1)c1ccccc1. The lowest BCUT2D eigenvalue weighted by molar-refractivity contribution is -0.136. The van der Waals surface area contributed by atoms with Gasteiger partial charge in [-0.25, -0.2) is 0 Å². The van der Waals surface area contributed by atoms with Crippen LogP contribution in [0.1, 0.15) is 12.8 Å². The average molecular weight is 265 g/mol. The van der Waals surface area contributed by atoms with Crippen LogP contribution in [0.4, 0.5) is 5.69 Å². The van der Waals surface area contributed by atoms with Crippen LogP contribution in [0.3, 0.4) is 0 Å². The Morgan fingerprint density at radius 2 is 2.06 bits per heavy atom. The fraction of sp³-hybridized carbons (Fsp3) is 0.385. The van der Waals surface area contributed by atoms with E-state index in [2.05, 4.69) is 0 Å². The largest absolute Gasteiger partial charge is 0.480 e. The van der Waals surface area contributed by atoms with Crippen LogP contribution in [0, 0.1) is 0 Å². The fourth-order valence-electron chi connectivity index (χ4n) is 1.99. The Labute approximate surface area is 110 Å². The molecule has 0 spiro atoms. The van der Waals surface area contributed by atoms with E-state index in [4.69, 9.17) is 5.11 Å². The molecule has 1 heterocycles. The molecule has 0 bridgehead atoms. The highest BCUT2D eigenvalue weighted by Gasteiger charge is 2.29. The lowest BCUT2D eigenvalue weighted by Gasteiger charge is -2.23. The molecule has 1 aliphatic heterocycles. The number of aliphatic carboxylic acids is 1. The van der Waals surface area contributed by atoms with Crippen LogP contribution in [0.25, 0.3) is 0 Å². The number of benzene rings is 1. The third-order valence-corrected chi connectivity index (χ3v) is 4.20. The van der Waals surface area contributed by atoms with Crippen LogP contribution in [-0.2, 0) is 9.59 Å². The number of hydrogen-bond acceptors (Lipinski definition) is 3. The lowest BCUT2D eigenvalue weighted by Crippen LogP contribution is -2.40. The number of nitrogens with zero attached hydrogens (tertiary/aromatic N) is 1. The van der Waals surface area contributed by atoms with Crippen LogP contribution in [0.15, 0.2) is 30.3 Å². The van der Waals surface area contributed by atoms with Crippen molar-refractivity contribution in [3.63, 3.8) is 0 Å². The maximum atomic E-state index is 12.3. The van der Waals surface area contributed by atoms with E-state index in [1.54, 1.807) is 36.0 Å². The smallest absolute Gasteiger partial charge is 0.323 e. The molecule has 96 valence electrons. The fourth-order valence-corrected chi connectivity index (χ4v) is 3.21. The third kappa shape index (κ3) is 3.04. The number of carboxylic acids is 1. The van der Waals surface area contributed by atoms with Crippen molar-refractivity contribution in [2.75, 3.05) is 17.2 Å². The van der Waals surface area contributed by atoms with Crippen molar-refractivity contribution in [2.24, 2.45) is 0 Å². The quantitative estimate of drug-likeness (QED) is 0.904. The summed E-state index contributed by atoms with van der Waals surface area (Å²) in [4.78, 5) is 24.6. The van der Waals surface area contributed by atoms with Crippen LogP contribution < -0.4 is 4.90 Å². The van der Waals surface area contributed by atoms with Gasteiger partial charge in [0, 0.05) is 5.69 Å². The molecular weight excluding hydrogens is 250 g/mol. The first-order chi connectivity index (χ1) is 8.68. The monoisotopic (exact) mass is 265 g/mol. The molecule has 18 heavy (non-hydrogen) atoms. The third-order valence-electron chi connectivity index (χ3n) is 2.83. The summed E-state index contributed by atoms with van der Waals surface area (Å²) < 4.78 is 0. The molecule has 0 aliphatic carbocycles. The highest BCUT2D eigenvalue weighted by Crippen LogP contribution is 2.29. The summed E-state index contributed by atoms with van der Waals surface area (Å²) in [5.74, 6) is -0.104. The number of hydrogen-bond donors (Lipinski definition) is 1. The summed E-state index contributed by atoms with van der Waals surface area (Å²) in [6.07, 6.45) is 1.86. The summed E-state index contributed by atoms with van der Waals surface area (Å²) in [6.45, 7) is -0.278. The van der Waals surface area contributed by atoms with Gasteiger partial charge in [0.2, 0.25) is 5.91 Å². The van der Waals surface area contributed by atoms with Crippen LogP contribution in [0.5, 0.6) is 0 Å². The van der Waals surface area contributed by atoms with Crippen LogP contribution in [0.2, 0.25) is 0 Å². The predicted molar refractivity (Wildman–Crippen MR) is 71.9 cm³/mol. The molecule has 0 radical (unpaired) electrons. The first-order valence-corrected chi connectivity index (χ1v) is 6.93. The minimum absolute atomic E-state index is 0.0916. The van der Waals surface area contributed by atoms with E-state index in [9.17, 15) is 9.59 Å². The summed E-state index contributed by atoms with van der Waals surface area (Å²) in [5.41, 5.74) is 0.650. The van der Waals surface area contributed by atoms with E-state index in [0.717, 1.165) is 18.6 Å². The molecule has 1 amide bonds. The van der Waals surface area contributed by atoms with Gasteiger partial charge in [0.05, 0.1) is 5.25 Å². The maximum absolute atomic E-state index is 12.3. The van der Waals surface area contributed by atoms with Gasteiger partial charge in [0.25, 0.3) is 0 Å². The summed E-state index contributed by atoms with van der Waals surface area (Å²) in [6, 6.07) is 8.98. The maximum Gasteiger partial charge on any atom is 0.323 e. The second-order valence-corrected chi connectivity index (χ2v) is 5.47. The Bertz CT molecular complexity index is 429. The normalized spacial score (nSPS) is 18.6. The number of carbonyl (C=O) groups excluding carboxylic acids is 1. The molecule has 1 aromatic rings. The van der Waals surface area contributed by atoms with Gasteiger partial charge in [-0.2, -0.15) is 0 Å². The molecule has 1 atom stereocenters. The van der Waals surface area contributed by atoms with Crippen molar-refractivity contribution in [1.82, 2.24) is 0 Å². The highest BCUT2D eigenvalue weighted by molar-refractivity contribution is 8.00. The molecule has 0 unspecified atom stereocenters. The highest BCUT2D eigenvalue weighted by atomic mass is 32.2. The van der Waals surface area contributed by atoms with Crippen molar-refractivity contribution in [2.45, 2.75) is 18.1 Å². The first-order valence-electron chi connectivity index (χ1n) is 5.88. The number of thioether (sulfide) groups is 1. The standard InChI is InChI=1S/C13H15NO3S/c15-12(16)9-14(10-5-2-1-3-6-10)13(17)11-7-4-8-18-11/h1-3,5-6,11H,4,7-9H2,(H,15,16)/t11-/m1/s1. The Balaban J connectivity index is 2.19. The summed E-state index contributed by atoms with van der Waals surface area (Å²) in [7, 11) is 0. The van der Waals surface area contributed by atoms with Crippen molar-refractivity contribution < 1.29 is 14.7 Å². The van der Waals surface area contributed by atoms with Gasteiger partial charge in [-0.3, -0.25) is 9.59 Å². The van der Waals surface area contributed by atoms with Gasteiger partial charge < -0.3 is 10.0 Å². The molecule has 1 aromatic carbocycles. The van der Waals surface area contributed by atoms with E-state index in [-0.39, 0.29) is 17.7 Å². The topological polar surface area (TPSA) is 57.6 Å². The van der Waals surface area contributed by atoms with Crippen LogP contribution >= 0.6 is 11.8 Å². The Morgan fingerprint density at radius 1 is 1.33 bits per heavy atom. The number of amides is 1. The van der Waals surface area contributed by atoms with Crippen molar-refractivity contribution >= 4 is 29.3 Å². The van der Waals surface area contributed by atoms with E-state index < -0.39 is 5.97 Å². The number of para-hydroxylation sites is 1. The molecular formula is C13H15NO3S. The Kier molecular flexibility index (Phi) is 4.25. The van der Waals surface area contributed by atoms with Crippen LogP contribution in [-0.4, -0.2) is 34.5 Å². The number of carbonyl (C=O) groups is 2. The van der Waals surface area contributed by atoms with Gasteiger partial charge in [0.1, 0.15) is 6.54 Å². The Morgan fingerprint density at radius 3 is 2.61 bits per heavy atom. The van der Waals surface area contributed by atoms with Crippen molar-refractivity contribution in [1.29, 1.82) is 0 Å². The second kappa shape index (κ2) is 5.91. The number of rotatable bonds is 4. The Hall–Kier alpha value is -1.49. The first kappa shape index (κ1) is 13.0. The van der Waals surface area contributed by atoms with Crippen molar-refractivity contribution in [3.05, 3.63) is 30.3 Å². The molecule has 0 saturated carbocycles. The van der Waals surface area contributed by atoms with Gasteiger partial charge in [-0.15, -0.1) is 11.8 Å². The molecule has 5 heteroatoms. The zero-order chi connectivity index (χ0) is 13.0. The minimum Gasteiger partial charge on any atom is -0.480 e. The van der Waals surface area contributed by atoms with Crippen molar-refractivity contribution in [3.8, 4) is 0 Å². The predicted octanol–water partition coefficient (Wildman–Crippen LogP) is 2.00. The van der Waals surface area contributed by atoms with E-state index in [1.807, 2.05) is 6.07 Å². The van der Waals surface area contributed by atoms with Gasteiger partial charge in [-0.1, -0.05) is 18.2 Å². The van der Waals surface area contributed by atoms with E-state index in [0.29, 0.717) is 5.69 Å². The van der Waals surface area contributed by atoms with Gasteiger partial charge in [-0.05, 0) is 30.7 Å². The number of carboxylic acid groups (broad SMARTS) is 1. The van der Waals surface area contributed by atoms with E-state index >= 15 is 0 Å². The summed E-state index contributed by atoms with van der Waals surface area (Å²) >= 11 is 1.62.